The maximum Gasteiger partial charge on any atom is 0.409 e. The number of amides is 2. The lowest BCUT2D eigenvalue weighted by atomic mass is 9.96. The van der Waals surface area contributed by atoms with Gasteiger partial charge in [-0.3, -0.25) is 4.79 Å². The molecule has 1 saturated heterocycles. The molecule has 0 bridgehead atoms. The van der Waals surface area contributed by atoms with Crippen molar-refractivity contribution in [1.82, 2.24) is 4.90 Å². The maximum atomic E-state index is 12.2. The molecule has 1 aromatic rings. The van der Waals surface area contributed by atoms with E-state index in [0.29, 0.717) is 43.2 Å². The summed E-state index contributed by atoms with van der Waals surface area (Å²) < 4.78 is 4.96. The van der Waals surface area contributed by atoms with Gasteiger partial charge in [0.05, 0.1) is 17.3 Å². The van der Waals surface area contributed by atoms with Crippen LogP contribution in [0.4, 0.5) is 10.5 Å². The average molecular weight is 311 g/mol. The van der Waals surface area contributed by atoms with E-state index in [1.807, 2.05) is 12.1 Å². The van der Waals surface area contributed by atoms with Gasteiger partial charge in [-0.2, -0.15) is 0 Å². The number of carbonyl (C=O) groups is 2. The highest BCUT2D eigenvalue weighted by molar-refractivity contribution is 6.33. The molecule has 1 heterocycles. The van der Waals surface area contributed by atoms with Crippen molar-refractivity contribution < 1.29 is 14.3 Å². The molecule has 114 valence electrons. The Morgan fingerprint density at radius 2 is 2.00 bits per heavy atom. The first-order valence-corrected chi connectivity index (χ1v) is 7.46. The smallest absolute Gasteiger partial charge is 0.409 e. The van der Waals surface area contributed by atoms with Crippen molar-refractivity contribution in [3.05, 3.63) is 29.3 Å². The van der Waals surface area contributed by atoms with Crippen molar-refractivity contribution in [2.75, 3.05) is 25.0 Å². The fourth-order valence-electron chi connectivity index (χ4n) is 2.34. The second kappa shape index (κ2) is 7.31. The van der Waals surface area contributed by atoms with E-state index in [4.69, 9.17) is 16.3 Å². The van der Waals surface area contributed by atoms with E-state index in [1.54, 1.807) is 24.0 Å². The Balaban J connectivity index is 1.86. The lowest BCUT2D eigenvalue weighted by molar-refractivity contribution is -0.121. The van der Waals surface area contributed by atoms with E-state index in [1.165, 1.54) is 0 Å². The van der Waals surface area contributed by atoms with Crippen LogP contribution in [-0.4, -0.2) is 36.6 Å². The number of rotatable bonds is 3. The van der Waals surface area contributed by atoms with Crippen LogP contribution in [-0.2, 0) is 9.53 Å². The van der Waals surface area contributed by atoms with Crippen LogP contribution in [0.25, 0.3) is 0 Å². The molecule has 0 atom stereocenters. The molecule has 1 N–H and O–H groups in total. The molecule has 6 heteroatoms. The van der Waals surface area contributed by atoms with Crippen molar-refractivity contribution in [1.29, 1.82) is 0 Å². The minimum absolute atomic E-state index is 0.0494. The summed E-state index contributed by atoms with van der Waals surface area (Å²) in [4.78, 5) is 25.5. The second-order valence-electron chi connectivity index (χ2n) is 4.93. The number of piperidine rings is 1. The summed E-state index contributed by atoms with van der Waals surface area (Å²) in [5.74, 6) is -0.154. The average Bonchev–Trinajstić information content (AvgIpc) is 2.50. The first-order chi connectivity index (χ1) is 10.1. The van der Waals surface area contributed by atoms with Gasteiger partial charge in [-0.25, -0.2) is 4.79 Å². The van der Waals surface area contributed by atoms with Gasteiger partial charge in [0.2, 0.25) is 5.91 Å². The summed E-state index contributed by atoms with van der Waals surface area (Å²) in [5, 5.41) is 3.37. The largest absolute Gasteiger partial charge is 0.450 e. The van der Waals surface area contributed by atoms with Crippen LogP contribution in [0.1, 0.15) is 19.8 Å². The van der Waals surface area contributed by atoms with E-state index in [0.717, 1.165) is 0 Å². The Morgan fingerprint density at radius 1 is 1.33 bits per heavy atom. The molecule has 0 unspecified atom stereocenters. The first-order valence-electron chi connectivity index (χ1n) is 7.09. The predicted molar refractivity (Wildman–Crippen MR) is 81.4 cm³/mol. The number of nitrogens with one attached hydrogen (secondary N) is 1. The normalized spacial score (nSPS) is 15.6. The summed E-state index contributed by atoms with van der Waals surface area (Å²) in [6.45, 7) is 3.23. The number of hydrogen-bond donors (Lipinski definition) is 1. The highest BCUT2D eigenvalue weighted by atomic mass is 35.5. The number of benzene rings is 1. The number of carbonyl (C=O) groups excluding carboxylic acids is 2. The Labute approximate surface area is 129 Å². The molecule has 5 nitrogen and oxygen atoms in total. The minimum atomic E-state index is -0.303. The molecule has 0 spiro atoms. The van der Waals surface area contributed by atoms with Gasteiger partial charge in [0.25, 0.3) is 0 Å². The molecule has 1 aromatic carbocycles. The van der Waals surface area contributed by atoms with Gasteiger partial charge in [0.15, 0.2) is 0 Å². The van der Waals surface area contributed by atoms with E-state index >= 15 is 0 Å². The van der Waals surface area contributed by atoms with Crippen LogP contribution < -0.4 is 5.32 Å². The van der Waals surface area contributed by atoms with Gasteiger partial charge in [0, 0.05) is 19.0 Å². The van der Waals surface area contributed by atoms with Crippen LogP contribution in [0, 0.1) is 5.92 Å². The molecule has 0 aromatic heterocycles. The fraction of sp³-hybridized carbons (Fsp3) is 0.467. The second-order valence-corrected chi connectivity index (χ2v) is 5.34. The van der Waals surface area contributed by atoms with Crippen molar-refractivity contribution in [3.63, 3.8) is 0 Å². The standard InChI is InChI=1S/C15H19ClN2O3/c1-2-21-15(20)18-9-7-11(8-10-18)14(19)17-13-6-4-3-5-12(13)16/h3-6,11H,2,7-10H2,1H3,(H,17,19). The summed E-state index contributed by atoms with van der Waals surface area (Å²) in [7, 11) is 0. The zero-order valence-corrected chi connectivity index (χ0v) is 12.7. The van der Waals surface area contributed by atoms with Crippen molar-refractivity contribution >= 4 is 29.3 Å². The summed E-state index contributed by atoms with van der Waals surface area (Å²) in [6.07, 6.45) is 0.965. The molecule has 21 heavy (non-hydrogen) atoms. The number of likely N-dealkylation sites (tertiary alicyclic amines) is 1. The molecule has 0 saturated carbocycles. The van der Waals surface area contributed by atoms with Crippen LogP contribution in [0.5, 0.6) is 0 Å². The number of anilines is 1. The van der Waals surface area contributed by atoms with E-state index < -0.39 is 0 Å². The Kier molecular flexibility index (Phi) is 5.44. The third-order valence-corrected chi connectivity index (χ3v) is 3.85. The highest BCUT2D eigenvalue weighted by Crippen LogP contribution is 2.24. The molecular formula is C15H19ClN2O3. The lowest BCUT2D eigenvalue weighted by Gasteiger charge is -2.30. The Hall–Kier alpha value is -1.75. The zero-order chi connectivity index (χ0) is 15.2. The third-order valence-electron chi connectivity index (χ3n) is 3.52. The summed E-state index contributed by atoms with van der Waals surface area (Å²) in [5.41, 5.74) is 0.622. The molecule has 0 aliphatic carbocycles. The topological polar surface area (TPSA) is 58.6 Å². The number of ether oxygens (including phenoxy) is 1. The third kappa shape index (κ3) is 4.11. The maximum absolute atomic E-state index is 12.2. The monoisotopic (exact) mass is 310 g/mol. The van der Waals surface area contributed by atoms with Gasteiger partial charge in [-0.15, -0.1) is 0 Å². The molecular weight excluding hydrogens is 292 g/mol. The minimum Gasteiger partial charge on any atom is -0.450 e. The molecule has 2 amide bonds. The van der Waals surface area contributed by atoms with E-state index in [9.17, 15) is 9.59 Å². The van der Waals surface area contributed by atoms with Crippen molar-refractivity contribution in [2.24, 2.45) is 5.92 Å². The van der Waals surface area contributed by atoms with Crippen LogP contribution in [0.15, 0.2) is 24.3 Å². The quantitative estimate of drug-likeness (QED) is 0.933. The van der Waals surface area contributed by atoms with Gasteiger partial charge >= 0.3 is 6.09 Å². The molecule has 1 fully saturated rings. The predicted octanol–water partition coefficient (Wildman–Crippen LogP) is 3.15. The van der Waals surface area contributed by atoms with E-state index in [2.05, 4.69) is 5.32 Å². The Bertz CT molecular complexity index is 513. The van der Waals surface area contributed by atoms with Crippen LogP contribution >= 0.6 is 11.6 Å². The molecule has 1 aliphatic heterocycles. The van der Waals surface area contributed by atoms with Gasteiger partial charge < -0.3 is 15.0 Å². The van der Waals surface area contributed by atoms with Gasteiger partial charge in [-0.1, -0.05) is 23.7 Å². The van der Waals surface area contributed by atoms with Crippen LogP contribution in [0.3, 0.4) is 0 Å². The molecule has 2 rings (SSSR count). The van der Waals surface area contributed by atoms with E-state index in [-0.39, 0.29) is 17.9 Å². The Morgan fingerprint density at radius 3 is 2.62 bits per heavy atom. The number of para-hydroxylation sites is 1. The highest BCUT2D eigenvalue weighted by Gasteiger charge is 2.28. The lowest BCUT2D eigenvalue weighted by Crippen LogP contribution is -2.41. The molecule has 1 aliphatic rings. The van der Waals surface area contributed by atoms with Gasteiger partial charge in [0.1, 0.15) is 0 Å². The number of hydrogen-bond acceptors (Lipinski definition) is 3. The van der Waals surface area contributed by atoms with Crippen LogP contribution in [0.2, 0.25) is 5.02 Å². The fourth-order valence-corrected chi connectivity index (χ4v) is 2.52. The number of nitrogens with zero attached hydrogens (tertiary/aromatic N) is 1. The summed E-state index contributed by atoms with van der Waals surface area (Å²) in [6, 6.07) is 7.15. The number of halogens is 1. The summed E-state index contributed by atoms with van der Waals surface area (Å²) >= 11 is 6.02. The van der Waals surface area contributed by atoms with Crippen molar-refractivity contribution in [2.45, 2.75) is 19.8 Å². The first kappa shape index (κ1) is 15.6. The van der Waals surface area contributed by atoms with Gasteiger partial charge in [-0.05, 0) is 31.9 Å². The SMILES string of the molecule is CCOC(=O)N1CCC(C(=O)Nc2ccccc2Cl)CC1. The molecule has 0 radical (unpaired) electrons. The zero-order valence-electron chi connectivity index (χ0n) is 12.0. The van der Waals surface area contributed by atoms with Crippen molar-refractivity contribution in [3.8, 4) is 0 Å².